The van der Waals surface area contributed by atoms with Crippen LogP contribution >= 0.6 is 11.8 Å². The van der Waals surface area contributed by atoms with E-state index in [1.807, 2.05) is 36.0 Å². The van der Waals surface area contributed by atoms with Crippen molar-refractivity contribution in [2.75, 3.05) is 38.2 Å². The molecule has 0 N–H and O–H groups in total. The molecule has 0 saturated carbocycles. The van der Waals surface area contributed by atoms with Crippen molar-refractivity contribution in [3.63, 3.8) is 0 Å². The zero-order chi connectivity index (χ0) is 13.7. The minimum atomic E-state index is -0.0194. The molecule has 0 radical (unpaired) electrons. The van der Waals surface area contributed by atoms with Gasteiger partial charge in [-0.15, -0.1) is 0 Å². The molecular formula is C15H21NO2S. The maximum absolute atomic E-state index is 11.9. The van der Waals surface area contributed by atoms with Gasteiger partial charge in [-0.3, -0.25) is 4.79 Å². The minimum Gasteiger partial charge on any atom is -0.497 e. The summed E-state index contributed by atoms with van der Waals surface area (Å²) in [5.41, 5.74) is 1.09. The van der Waals surface area contributed by atoms with Gasteiger partial charge >= 0.3 is 0 Å². The Morgan fingerprint density at radius 1 is 1.32 bits per heavy atom. The van der Waals surface area contributed by atoms with Gasteiger partial charge in [-0.2, -0.15) is 11.8 Å². The summed E-state index contributed by atoms with van der Waals surface area (Å²) < 4.78 is 5.16. The number of rotatable bonds is 5. The Hall–Kier alpha value is -1.00. The molecule has 0 spiro atoms. The quantitative estimate of drug-likeness (QED) is 0.828. The van der Waals surface area contributed by atoms with Crippen molar-refractivity contribution in [2.45, 2.75) is 12.8 Å². The van der Waals surface area contributed by atoms with Gasteiger partial charge in [0.05, 0.1) is 13.0 Å². The van der Waals surface area contributed by atoms with E-state index < -0.39 is 0 Å². The first-order valence-corrected chi connectivity index (χ1v) is 7.80. The first kappa shape index (κ1) is 14.4. The van der Waals surface area contributed by atoms with Gasteiger partial charge < -0.3 is 9.64 Å². The highest BCUT2D eigenvalue weighted by Gasteiger charge is 2.21. The average Bonchev–Trinajstić information content (AvgIpc) is 2.46. The highest BCUT2D eigenvalue weighted by atomic mass is 32.2. The molecule has 1 aliphatic rings. The van der Waals surface area contributed by atoms with Crippen molar-refractivity contribution in [1.29, 1.82) is 0 Å². The molecule has 1 aromatic rings. The van der Waals surface area contributed by atoms with E-state index in [2.05, 4.69) is 4.90 Å². The van der Waals surface area contributed by atoms with Gasteiger partial charge in [0, 0.05) is 31.1 Å². The number of hydrogen-bond donors (Lipinski definition) is 0. The van der Waals surface area contributed by atoms with Crippen LogP contribution in [0.5, 0.6) is 5.75 Å². The Balaban J connectivity index is 2.07. The monoisotopic (exact) mass is 279 g/mol. The molecule has 1 saturated heterocycles. The smallest absolute Gasteiger partial charge is 0.138 e. The molecule has 1 atom stereocenters. The van der Waals surface area contributed by atoms with Crippen LogP contribution in [-0.4, -0.2) is 48.9 Å². The summed E-state index contributed by atoms with van der Waals surface area (Å²) >= 11 is 1.99. The topological polar surface area (TPSA) is 29.5 Å². The zero-order valence-electron chi connectivity index (χ0n) is 11.6. The Morgan fingerprint density at radius 3 is 2.47 bits per heavy atom. The number of hydrogen-bond acceptors (Lipinski definition) is 4. The van der Waals surface area contributed by atoms with E-state index in [9.17, 15) is 4.79 Å². The number of carbonyl (C=O) groups is 1. The van der Waals surface area contributed by atoms with E-state index >= 15 is 0 Å². The highest BCUT2D eigenvalue weighted by Crippen LogP contribution is 2.22. The van der Waals surface area contributed by atoms with Gasteiger partial charge in [0.25, 0.3) is 0 Å². The SMILES string of the molecule is COc1ccc(C(CN2CCSCC2)C(C)=O)cc1. The Kier molecular flexibility index (Phi) is 5.28. The van der Waals surface area contributed by atoms with Gasteiger partial charge in [0.15, 0.2) is 0 Å². The molecule has 0 bridgehead atoms. The molecule has 4 heteroatoms. The molecule has 1 aromatic carbocycles. The molecule has 1 unspecified atom stereocenters. The second kappa shape index (κ2) is 6.96. The standard InChI is InChI=1S/C15H21NO2S/c1-12(17)15(11-16-7-9-19-10-8-16)13-3-5-14(18-2)6-4-13/h3-6,15H,7-11H2,1-2H3. The normalized spacial score (nSPS) is 18.0. The summed E-state index contributed by atoms with van der Waals surface area (Å²) in [4.78, 5) is 14.3. The second-order valence-corrected chi connectivity index (χ2v) is 6.07. The second-order valence-electron chi connectivity index (χ2n) is 4.85. The predicted octanol–water partition coefficient (Wildman–Crippen LogP) is 2.42. The number of ether oxygens (including phenoxy) is 1. The van der Waals surface area contributed by atoms with E-state index in [0.717, 1.165) is 30.9 Å². The van der Waals surface area contributed by atoms with E-state index in [1.54, 1.807) is 14.0 Å². The van der Waals surface area contributed by atoms with Crippen molar-refractivity contribution < 1.29 is 9.53 Å². The molecular weight excluding hydrogens is 258 g/mol. The molecule has 0 aromatic heterocycles. The van der Waals surface area contributed by atoms with Crippen LogP contribution in [0.15, 0.2) is 24.3 Å². The van der Waals surface area contributed by atoms with Crippen LogP contribution in [0.1, 0.15) is 18.4 Å². The third kappa shape index (κ3) is 3.98. The predicted molar refractivity (Wildman–Crippen MR) is 80.2 cm³/mol. The molecule has 0 aliphatic carbocycles. The van der Waals surface area contributed by atoms with Crippen LogP contribution in [0.4, 0.5) is 0 Å². The van der Waals surface area contributed by atoms with Crippen LogP contribution in [0.3, 0.4) is 0 Å². The van der Waals surface area contributed by atoms with Gasteiger partial charge in [-0.1, -0.05) is 12.1 Å². The summed E-state index contributed by atoms with van der Waals surface area (Å²) in [6, 6.07) is 7.86. The Morgan fingerprint density at radius 2 is 1.95 bits per heavy atom. The summed E-state index contributed by atoms with van der Waals surface area (Å²) in [6.07, 6.45) is 0. The number of benzene rings is 1. The maximum atomic E-state index is 11.9. The fourth-order valence-corrected chi connectivity index (χ4v) is 3.33. The summed E-state index contributed by atoms with van der Waals surface area (Å²) in [5.74, 6) is 3.40. The van der Waals surface area contributed by atoms with E-state index in [4.69, 9.17) is 4.74 Å². The van der Waals surface area contributed by atoms with E-state index in [-0.39, 0.29) is 11.7 Å². The fourth-order valence-electron chi connectivity index (χ4n) is 2.35. The number of thioether (sulfide) groups is 1. The Labute approximate surface area is 119 Å². The molecule has 19 heavy (non-hydrogen) atoms. The fraction of sp³-hybridized carbons (Fsp3) is 0.533. The zero-order valence-corrected chi connectivity index (χ0v) is 12.4. The average molecular weight is 279 g/mol. The lowest BCUT2D eigenvalue weighted by molar-refractivity contribution is -0.118. The van der Waals surface area contributed by atoms with Crippen molar-refractivity contribution in [3.8, 4) is 5.75 Å². The molecule has 0 amide bonds. The van der Waals surface area contributed by atoms with Gasteiger partial charge in [0.2, 0.25) is 0 Å². The summed E-state index contributed by atoms with van der Waals surface area (Å²) in [7, 11) is 1.66. The van der Waals surface area contributed by atoms with E-state index in [0.29, 0.717) is 0 Å². The largest absolute Gasteiger partial charge is 0.497 e. The van der Waals surface area contributed by atoms with Crippen LogP contribution in [0, 0.1) is 0 Å². The summed E-state index contributed by atoms with van der Waals surface area (Å²) in [5, 5.41) is 0. The molecule has 2 rings (SSSR count). The molecule has 1 aliphatic heterocycles. The van der Waals surface area contributed by atoms with Gasteiger partial charge in [-0.25, -0.2) is 0 Å². The maximum Gasteiger partial charge on any atom is 0.138 e. The molecule has 1 fully saturated rings. The molecule has 1 heterocycles. The van der Waals surface area contributed by atoms with Crippen molar-refractivity contribution >= 4 is 17.5 Å². The lowest BCUT2D eigenvalue weighted by Crippen LogP contribution is -2.37. The first-order valence-electron chi connectivity index (χ1n) is 6.65. The third-order valence-corrected chi connectivity index (χ3v) is 4.50. The van der Waals surface area contributed by atoms with Crippen LogP contribution < -0.4 is 4.74 Å². The van der Waals surface area contributed by atoms with E-state index in [1.165, 1.54) is 11.5 Å². The highest BCUT2D eigenvalue weighted by molar-refractivity contribution is 7.99. The van der Waals surface area contributed by atoms with Gasteiger partial charge in [0.1, 0.15) is 11.5 Å². The number of methoxy groups -OCH3 is 1. The first-order chi connectivity index (χ1) is 9.20. The lowest BCUT2D eigenvalue weighted by Gasteiger charge is -2.29. The van der Waals surface area contributed by atoms with Gasteiger partial charge in [-0.05, 0) is 24.6 Å². The Bertz CT molecular complexity index is 413. The number of ketones is 1. The van der Waals surface area contributed by atoms with Crippen LogP contribution in [0.25, 0.3) is 0 Å². The minimum absolute atomic E-state index is 0.0194. The van der Waals surface area contributed by atoms with Crippen molar-refractivity contribution in [3.05, 3.63) is 29.8 Å². The van der Waals surface area contributed by atoms with Crippen molar-refractivity contribution in [1.82, 2.24) is 4.90 Å². The number of Topliss-reactive ketones (excluding diaryl/α,β-unsaturated/α-hetero) is 1. The summed E-state index contributed by atoms with van der Waals surface area (Å²) in [6.45, 7) is 4.70. The third-order valence-electron chi connectivity index (χ3n) is 3.55. The van der Waals surface area contributed by atoms with Crippen LogP contribution in [0.2, 0.25) is 0 Å². The lowest BCUT2D eigenvalue weighted by atomic mass is 9.94. The molecule has 3 nitrogen and oxygen atoms in total. The van der Waals surface area contributed by atoms with Crippen LogP contribution in [-0.2, 0) is 4.79 Å². The number of carbonyl (C=O) groups excluding carboxylic acids is 1. The van der Waals surface area contributed by atoms with Crippen molar-refractivity contribution in [2.24, 2.45) is 0 Å². The number of nitrogens with zero attached hydrogens (tertiary/aromatic N) is 1. The molecule has 104 valence electrons.